The Morgan fingerprint density at radius 3 is 1.07 bits per heavy atom. The summed E-state index contributed by atoms with van der Waals surface area (Å²) >= 11 is 0. The van der Waals surface area contributed by atoms with Gasteiger partial charge in [-0.1, -0.05) is 72.8 Å². The van der Waals surface area contributed by atoms with E-state index in [0.29, 0.717) is 13.1 Å². The van der Waals surface area contributed by atoms with Crippen molar-refractivity contribution in [1.82, 2.24) is 10.6 Å². The molecule has 0 spiro atoms. The van der Waals surface area contributed by atoms with Crippen molar-refractivity contribution in [3.05, 3.63) is 121 Å². The summed E-state index contributed by atoms with van der Waals surface area (Å²) in [6, 6.07) is 37.5. The van der Waals surface area contributed by atoms with Gasteiger partial charge in [-0.3, -0.25) is 32.3 Å². The second-order valence-electron chi connectivity index (χ2n) is 8.65. The summed E-state index contributed by atoms with van der Waals surface area (Å²) < 4.78 is 0. The molecule has 4 rings (SSSR count). The predicted octanol–water partition coefficient (Wildman–Crippen LogP) is 5.14. The molecular formula is C30H32N10. The van der Waals surface area contributed by atoms with Crippen LogP contribution in [0, 0.1) is 21.6 Å². The fourth-order valence-electron chi connectivity index (χ4n) is 3.92. The molecule has 0 bridgehead atoms. The lowest BCUT2D eigenvalue weighted by atomic mass is 10.2. The van der Waals surface area contributed by atoms with Crippen LogP contribution in [0.1, 0.15) is 0 Å². The number of hydrogen-bond donors (Lipinski definition) is 8. The summed E-state index contributed by atoms with van der Waals surface area (Å²) in [7, 11) is 0. The van der Waals surface area contributed by atoms with Crippen molar-refractivity contribution >= 4 is 46.6 Å². The van der Waals surface area contributed by atoms with Crippen LogP contribution in [0.3, 0.4) is 0 Å². The maximum absolute atomic E-state index is 8.78. The van der Waals surface area contributed by atoms with Crippen molar-refractivity contribution in [3.63, 3.8) is 0 Å². The molecule has 0 aromatic heterocycles. The van der Waals surface area contributed by atoms with Crippen LogP contribution in [0.25, 0.3) is 0 Å². The van der Waals surface area contributed by atoms with E-state index in [4.69, 9.17) is 21.6 Å². The number of benzene rings is 4. The second kappa shape index (κ2) is 13.8. The first-order valence-electron chi connectivity index (χ1n) is 12.7. The Morgan fingerprint density at radius 2 is 0.750 bits per heavy atom. The Morgan fingerprint density at radius 1 is 0.450 bits per heavy atom. The Balaban J connectivity index is 1.48. The van der Waals surface area contributed by atoms with Crippen molar-refractivity contribution in [1.29, 1.82) is 21.6 Å². The van der Waals surface area contributed by atoms with Gasteiger partial charge >= 0.3 is 0 Å². The summed E-state index contributed by atoms with van der Waals surface area (Å²) in [4.78, 5) is 3.47. The van der Waals surface area contributed by atoms with E-state index in [9.17, 15) is 0 Å². The van der Waals surface area contributed by atoms with E-state index in [0.717, 1.165) is 22.7 Å². The number of nitrogens with zero attached hydrogens (tertiary/aromatic N) is 2. The molecule has 0 heterocycles. The molecule has 0 aliphatic rings. The number of rotatable bonds is 7. The lowest BCUT2D eigenvalue weighted by Gasteiger charge is -2.31. The van der Waals surface area contributed by atoms with Gasteiger partial charge in [0, 0.05) is 35.8 Å². The maximum atomic E-state index is 8.78. The first-order chi connectivity index (χ1) is 19.5. The third-order valence-electron chi connectivity index (χ3n) is 5.80. The topological polar surface area (TPSA) is 150 Å². The van der Waals surface area contributed by atoms with Crippen LogP contribution in [-0.4, -0.2) is 36.9 Å². The lowest BCUT2D eigenvalue weighted by Crippen LogP contribution is -2.51. The van der Waals surface area contributed by atoms with Gasteiger partial charge in [0.2, 0.25) is 11.9 Å². The minimum absolute atomic E-state index is 0.00520. The highest BCUT2D eigenvalue weighted by atomic mass is 15.4. The van der Waals surface area contributed by atoms with Crippen LogP contribution in [-0.2, 0) is 0 Å². The zero-order chi connectivity index (χ0) is 28.2. The number of para-hydroxylation sites is 4. The molecule has 4 aromatic carbocycles. The minimum atomic E-state index is -0.0353. The molecule has 0 radical (unpaired) electrons. The molecule has 0 unspecified atom stereocenters. The van der Waals surface area contributed by atoms with E-state index in [2.05, 4.69) is 21.3 Å². The van der Waals surface area contributed by atoms with Crippen LogP contribution < -0.4 is 31.1 Å². The fourth-order valence-corrected chi connectivity index (χ4v) is 3.92. The summed E-state index contributed by atoms with van der Waals surface area (Å²) in [6.07, 6.45) is 0. The molecule has 8 N–H and O–H groups in total. The Labute approximate surface area is 233 Å². The van der Waals surface area contributed by atoms with Gasteiger partial charge < -0.3 is 20.4 Å². The van der Waals surface area contributed by atoms with E-state index < -0.39 is 0 Å². The molecule has 40 heavy (non-hydrogen) atoms. The molecule has 0 saturated heterocycles. The van der Waals surface area contributed by atoms with Crippen LogP contribution in [0.15, 0.2) is 121 Å². The standard InChI is InChI=1S/C30H32N10/c31-27(35-23-13-5-1-6-14-23)37-29(33)39(25-17-9-3-10-18-25)21-22-40(26-19-11-4-12-20-26)30(34)38-28(32)36-24-15-7-2-8-16-24/h1-20H,21-22H2,(H4,31,33,35,37)(H4,32,34,36,38). The molecular weight excluding hydrogens is 500 g/mol. The molecule has 0 fully saturated rings. The SMILES string of the molecule is N=C(NC(=N)N(CCN(C(=N)NC(=N)Nc1ccccc1)c1ccccc1)c1ccccc1)Nc1ccccc1. The first-order valence-corrected chi connectivity index (χ1v) is 12.7. The third kappa shape index (κ3) is 7.93. The largest absolute Gasteiger partial charge is 0.326 e. The Hall–Kier alpha value is -5.64. The monoisotopic (exact) mass is 532 g/mol. The highest BCUT2D eigenvalue weighted by Crippen LogP contribution is 2.17. The first kappa shape index (κ1) is 27.4. The molecule has 0 aliphatic carbocycles. The van der Waals surface area contributed by atoms with E-state index in [1.807, 2.05) is 121 Å². The molecule has 10 nitrogen and oxygen atoms in total. The van der Waals surface area contributed by atoms with Crippen molar-refractivity contribution in [2.75, 3.05) is 33.5 Å². The lowest BCUT2D eigenvalue weighted by molar-refractivity contribution is 0.883. The van der Waals surface area contributed by atoms with Gasteiger partial charge in [-0.25, -0.2) is 0 Å². The van der Waals surface area contributed by atoms with E-state index >= 15 is 0 Å². The summed E-state index contributed by atoms with van der Waals surface area (Å²) in [6.45, 7) is 0.625. The minimum Gasteiger partial charge on any atom is -0.326 e. The van der Waals surface area contributed by atoms with E-state index in [-0.39, 0.29) is 23.8 Å². The zero-order valence-electron chi connectivity index (χ0n) is 21.9. The van der Waals surface area contributed by atoms with Crippen molar-refractivity contribution < 1.29 is 0 Å². The average molecular weight is 533 g/mol. The van der Waals surface area contributed by atoms with Gasteiger partial charge in [0.15, 0.2) is 11.9 Å². The van der Waals surface area contributed by atoms with Gasteiger partial charge in [-0.2, -0.15) is 0 Å². The number of nitrogens with one attached hydrogen (secondary N) is 8. The van der Waals surface area contributed by atoms with Gasteiger partial charge in [0.25, 0.3) is 0 Å². The predicted molar refractivity (Wildman–Crippen MR) is 165 cm³/mol. The fraction of sp³-hybridized carbons (Fsp3) is 0.0667. The molecule has 0 saturated carbocycles. The number of hydrogen-bond acceptors (Lipinski definition) is 4. The summed E-state index contributed by atoms with van der Waals surface area (Å²) in [5, 5.41) is 45.8. The zero-order valence-corrected chi connectivity index (χ0v) is 21.9. The Kier molecular flexibility index (Phi) is 9.43. The van der Waals surface area contributed by atoms with Gasteiger partial charge in [0.1, 0.15) is 0 Å². The highest BCUT2D eigenvalue weighted by Gasteiger charge is 2.19. The Bertz CT molecular complexity index is 1300. The number of guanidine groups is 4. The average Bonchev–Trinajstić information content (AvgIpc) is 2.97. The van der Waals surface area contributed by atoms with Crippen LogP contribution >= 0.6 is 0 Å². The van der Waals surface area contributed by atoms with E-state index in [1.165, 1.54) is 0 Å². The third-order valence-corrected chi connectivity index (χ3v) is 5.80. The van der Waals surface area contributed by atoms with Crippen LogP contribution in [0.4, 0.5) is 22.7 Å². The van der Waals surface area contributed by atoms with Gasteiger partial charge in [0.05, 0.1) is 0 Å². The van der Waals surface area contributed by atoms with Crippen molar-refractivity contribution in [2.24, 2.45) is 0 Å². The van der Waals surface area contributed by atoms with E-state index in [1.54, 1.807) is 9.80 Å². The normalized spacial score (nSPS) is 10.1. The van der Waals surface area contributed by atoms with Crippen LogP contribution in [0.5, 0.6) is 0 Å². The molecule has 0 aliphatic heterocycles. The molecule has 4 aromatic rings. The quantitative estimate of drug-likeness (QED) is 0.122. The molecule has 10 heteroatoms. The van der Waals surface area contributed by atoms with Crippen molar-refractivity contribution in [3.8, 4) is 0 Å². The van der Waals surface area contributed by atoms with Gasteiger partial charge in [-0.05, 0) is 48.5 Å². The second-order valence-corrected chi connectivity index (χ2v) is 8.65. The van der Waals surface area contributed by atoms with Crippen LogP contribution in [0.2, 0.25) is 0 Å². The number of anilines is 4. The highest BCUT2D eigenvalue weighted by molar-refractivity contribution is 6.09. The smallest absolute Gasteiger partial charge is 0.202 e. The van der Waals surface area contributed by atoms with Gasteiger partial charge in [-0.15, -0.1) is 0 Å². The summed E-state index contributed by atoms with van der Waals surface area (Å²) in [5.41, 5.74) is 3.00. The molecule has 202 valence electrons. The maximum Gasteiger partial charge on any atom is 0.202 e. The summed E-state index contributed by atoms with van der Waals surface area (Å²) in [5.74, 6) is -0.0602. The molecule has 0 atom stereocenters. The molecule has 0 amide bonds. The van der Waals surface area contributed by atoms with Crippen molar-refractivity contribution in [2.45, 2.75) is 0 Å².